The van der Waals surface area contributed by atoms with E-state index >= 15 is 0 Å². The van der Waals surface area contributed by atoms with Crippen molar-refractivity contribution >= 4 is 28.2 Å². The monoisotopic (exact) mass is 295 g/mol. The Balaban J connectivity index is 3.10. The van der Waals surface area contributed by atoms with Gasteiger partial charge in [-0.2, -0.15) is 0 Å². The van der Waals surface area contributed by atoms with Crippen molar-refractivity contribution in [2.75, 3.05) is 14.2 Å². The van der Waals surface area contributed by atoms with Crippen LogP contribution in [0, 0.1) is 0 Å². The van der Waals surface area contributed by atoms with Gasteiger partial charge in [0.05, 0.1) is 5.71 Å². The highest BCUT2D eigenvalue weighted by molar-refractivity contribution is 6.85. The lowest BCUT2D eigenvalue weighted by Crippen LogP contribution is -2.13. The molecule has 1 aromatic carbocycles. The number of benzene rings is 1. The summed E-state index contributed by atoms with van der Waals surface area (Å²) in [5.41, 5.74) is 3.01. The Bertz CT molecular complexity index is 535. The number of hydrogen-bond acceptors (Lipinski definition) is 5. The van der Waals surface area contributed by atoms with Gasteiger partial charge in [-0.05, 0) is 13.8 Å². The lowest BCUT2D eigenvalue weighted by molar-refractivity contribution is 0.130. The third-order valence-corrected chi connectivity index (χ3v) is 2.66. The van der Waals surface area contributed by atoms with Crippen LogP contribution in [-0.4, -0.2) is 30.8 Å². The number of hydrogen-bond donors (Lipinski definition) is 0. The summed E-state index contributed by atoms with van der Waals surface area (Å²) in [7, 11) is 3.06. The number of nitrogens with zero attached hydrogens (tertiary/aromatic N) is 3. The molecule has 0 atom stereocenters. The molecule has 0 aliphatic rings. The smallest absolute Gasteiger partial charge is 0.153 e. The van der Waals surface area contributed by atoms with E-state index < -0.39 is 0 Å². The van der Waals surface area contributed by atoms with Gasteiger partial charge >= 0.3 is 0 Å². The standard InChI is InChI=1S/C14H18ClN3O2/c1-10(2)17-20-9-11-7-5-6-8-12(11)13(18-19-4)14(15)16-3/h5-8H,9H2,1-4H3/b16-14?,18-13+. The molecule has 0 saturated heterocycles. The van der Waals surface area contributed by atoms with Crippen LogP contribution in [-0.2, 0) is 16.3 Å². The number of oxime groups is 2. The first-order valence-electron chi connectivity index (χ1n) is 6.05. The Morgan fingerprint density at radius 3 is 2.50 bits per heavy atom. The first-order valence-corrected chi connectivity index (χ1v) is 6.43. The quantitative estimate of drug-likeness (QED) is 0.598. The van der Waals surface area contributed by atoms with Gasteiger partial charge in [0.2, 0.25) is 0 Å². The van der Waals surface area contributed by atoms with Crippen molar-refractivity contribution in [1.82, 2.24) is 0 Å². The van der Waals surface area contributed by atoms with E-state index in [0.29, 0.717) is 12.3 Å². The Hall–Kier alpha value is -1.88. The van der Waals surface area contributed by atoms with Gasteiger partial charge in [0.25, 0.3) is 0 Å². The molecule has 0 N–H and O–H groups in total. The summed E-state index contributed by atoms with van der Waals surface area (Å²) in [4.78, 5) is 14.0. The first kappa shape index (κ1) is 16.2. The summed E-state index contributed by atoms with van der Waals surface area (Å²) in [5.74, 6) is 0. The van der Waals surface area contributed by atoms with E-state index in [2.05, 4.69) is 15.3 Å². The molecule has 0 unspecified atom stereocenters. The Kier molecular flexibility index (Phi) is 6.73. The maximum Gasteiger partial charge on any atom is 0.153 e. The van der Waals surface area contributed by atoms with Gasteiger partial charge in [-0.3, -0.25) is 4.99 Å². The van der Waals surface area contributed by atoms with Gasteiger partial charge in [-0.1, -0.05) is 46.2 Å². The van der Waals surface area contributed by atoms with Gasteiger partial charge in [-0.15, -0.1) is 0 Å². The second-order valence-corrected chi connectivity index (χ2v) is 4.46. The maximum atomic E-state index is 6.07. The first-order chi connectivity index (χ1) is 9.60. The molecule has 0 aromatic heterocycles. The minimum Gasteiger partial charge on any atom is -0.399 e. The van der Waals surface area contributed by atoms with Crippen LogP contribution in [0.15, 0.2) is 39.6 Å². The average molecular weight is 296 g/mol. The highest BCUT2D eigenvalue weighted by atomic mass is 35.5. The number of rotatable bonds is 6. The van der Waals surface area contributed by atoms with Crippen molar-refractivity contribution in [3.05, 3.63) is 35.4 Å². The van der Waals surface area contributed by atoms with Gasteiger partial charge in [0.1, 0.15) is 19.4 Å². The molecule has 0 fully saturated rings. The van der Waals surface area contributed by atoms with Crippen LogP contribution < -0.4 is 0 Å². The van der Waals surface area contributed by atoms with Crippen LogP contribution in [0.3, 0.4) is 0 Å². The summed E-state index contributed by atoms with van der Waals surface area (Å²) >= 11 is 6.07. The third-order valence-electron chi connectivity index (χ3n) is 2.31. The molecule has 0 spiro atoms. The molecule has 0 aliphatic heterocycles. The fraction of sp³-hybridized carbons (Fsp3) is 0.357. The van der Waals surface area contributed by atoms with E-state index in [4.69, 9.17) is 21.3 Å². The van der Waals surface area contributed by atoms with Crippen molar-refractivity contribution in [1.29, 1.82) is 0 Å². The fourth-order valence-electron chi connectivity index (χ4n) is 1.50. The van der Waals surface area contributed by atoms with E-state index in [0.717, 1.165) is 16.8 Å². The summed E-state index contributed by atoms with van der Waals surface area (Å²) in [6.45, 7) is 4.05. The molecule has 0 saturated carbocycles. The van der Waals surface area contributed by atoms with Crippen molar-refractivity contribution < 1.29 is 9.68 Å². The van der Waals surface area contributed by atoms with Crippen molar-refractivity contribution in [2.45, 2.75) is 20.5 Å². The minimum atomic E-state index is 0.273. The molecule has 0 bridgehead atoms. The largest absolute Gasteiger partial charge is 0.399 e. The van der Waals surface area contributed by atoms with Crippen LogP contribution in [0.2, 0.25) is 0 Å². The fourth-order valence-corrected chi connectivity index (χ4v) is 1.64. The molecule has 1 aromatic rings. The van der Waals surface area contributed by atoms with Gasteiger partial charge in [0, 0.05) is 18.2 Å². The van der Waals surface area contributed by atoms with Crippen molar-refractivity contribution in [2.24, 2.45) is 15.3 Å². The molecule has 6 heteroatoms. The molecule has 0 radical (unpaired) electrons. The van der Waals surface area contributed by atoms with Crippen molar-refractivity contribution in [3.8, 4) is 0 Å². The van der Waals surface area contributed by atoms with Crippen LogP contribution in [0.4, 0.5) is 0 Å². The SMILES string of the molecule is CN=C(Cl)/C(=N/OC)c1ccccc1CON=C(C)C. The summed E-state index contributed by atoms with van der Waals surface area (Å²) < 4.78 is 0. The van der Waals surface area contributed by atoms with Crippen LogP contribution in [0.5, 0.6) is 0 Å². The van der Waals surface area contributed by atoms with Gasteiger partial charge in [-0.25, -0.2) is 0 Å². The maximum absolute atomic E-state index is 6.07. The molecule has 5 nitrogen and oxygen atoms in total. The molecular formula is C14H18ClN3O2. The predicted molar refractivity (Wildman–Crippen MR) is 82.8 cm³/mol. The zero-order chi connectivity index (χ0) is 15.0. The van der Waals surface area contributed by atoms with Crippen molar-refractivity contribution in [3.63, 3.8) is 0 Å². The molecule has 20 heavy (non-hydrogen) atoms. The Labute approximate surface area is 123 Å². The lowest BCUT2D eigenvalue weighted by atomic mass is 10.0. The highest BCUT2D eigenvalue weighted by Gasteiger charge is 2.14. The zero-order valence-corrected chi connectivity index (χ0v) is 12.8. The topological polar surface area (TPSA) is 55.5 Å². The zero-order valence-electron chi connectivity index (χ0n) is 12.1. The minimum absolute atomic E-state index is 0.273. The molecule has 0 aliphatic carbocycles. The normalized spacial score (nSPS) is 12.1. The highest BCUT2D eigenvalue weighted by Crippen LogP contribution is 2.14. The van der Waals surface area contributed by atoms with Crippen LogP contribution in [0.1, 0.15) is 25.0 Å². The Morgan fingerprint density at radius 2 is 1.90 bits per heavy atom. The van der Waals surface area contributed by atoms with Crippen LogP contribution in [0.25, 0.3) is 0 Å². The molecule has 108 valence electrons. The average Bonchev–Trinajstić information content (AvgIpc) is 2.44. The summed E-state index contributed by atoms with van der Waals surface area (Å²) in [6.07, 6.45) is 0. The second-order valence-electron chi connectivity index (χ2n) is 4.11. The van der Waals surface area contributed by atoms with E-state index in [1.165, 1.54) is 7.11 Å². The molecule has 0 amide bonds. The van der Waals surface area contributed by atoms with Gasteiger partial charge in [0.15, 0.2) is 5.17 Å². The van der Waals surface area contributed by atoms with E-state index in [9.17, 15) is 0 Å². The summed E-state index contributed by atoms with van der Waals surface area (Å²) in [6, 6.07) is 7.60. The van der Waals surface area contributed by atoms with Crippen LogP contribution >= 0.6 is 11.6 Å². The van der Waals surface area contributed by atoms with E-state index in [1.807, 2.05) is 38.1 Å². The predicted octanol–water partition coefficient (Wildman–Crippen LogP) is 3.22. The number of halogens is 1. The third kappa shape index (κ3) is 4.66. The summed E-state index contributed by atoms with van der Waals surface area (Å²) in [5, 5.41) is 8.12. The van der Waals surface area contributed by atoms with Gasteiger partial charge < -0.3 is 9.68 Å². The molecule has 0 heterocycles. The second kappa shape index (κ2) is 8.32. The van der Waals surface area contributed by atoms with E-state index in [-0.39, 0.29) is 5.17 Å². The molecule has 1 rings (SSSR count). The Morgan fingerprint density at radius 1 is 1.20 bits per heavy atom. The molecular weight excluding hydrogens is 278 g/mol. The lowest BCUT2D eigenvalue weighted by Gasteiger charge is -2.09. The number of aliphatic imine (C=N–C) groups is 1. The van der Waals surface area contributed by atoms with E-state index in [1.54, 1.807) is 7.05 Å².